The van der Waals surface area contributed by atoms with Crippen molar-refractivity contribution in [2.75, 3.05) is 31.6 Å². The Bertz CT molecular complexity index is 501. The van der Waals surface area contributed by atoms with E-state index < -0.39 is 0 Å². The fourth-order valence-corrected chi connectivity index (χ4v) is 2.47. The van der Waals surface area contributed by atoms with Gasteiger partial charge in [-0.1, -0.05) is 11.6 Å². The van der Waals surface area contributed by atoms with Gasteiger partial charge in [-0.15, -0.1) is 0 Å². The molecule has 1 aromatic carbocycles. The third-order valence-electron chi connectivity index (χ3n) is 3.32. The Morgan fingerprint density at radius 3 is 2.74 bits per heavy atom. The van der Waals surface area contributed by atoms with Crippen LogP contribution in [0.3, 0.4) is 0 Å². The predicted molar refractivity (Wildman–Crippen MR) is 72.0 cm³/mol. The van der Waals surface area contributed by atoms with E-state index in [1.165, 1.54) is 0 Å². The molecule has 1 amide bonds. The van der Waals surface area contributed by atoms with E-state index in [1.54, 1.807) is 12.1 Å². The monoisotopic (exact) mass is 282 g/mol. The average molecular weight is 283 g/mol. The number of carbonyl (C=O) groups is 1. The molecule has 0 aliphatic carbocycles. The Kier molecular flexibility index (Phi) is 3.48. The topological polar surface area (TPSA) is 59.6 Å². The van der Waals surface area contributed by atoms with Gasteiger partial charge in [-0.3, -0.25) is 4.79 Å². The van der Waals surface area contributed by atoms with Gasteiger partial charge in [0, 0.05) is 18.7 Å². The first-order valence-corrected chi connectivity index (χ1v) is 6.72. The van der Waals surface area contributed by atoms with E-state index in [0.29, 0.717) is 42.0 Å². The Labute approximate surface area is 116 Å². The van der Waals surface area contributed by atoms with Crippen molar-refractivity contribution in [3.8, 4) is 11.5 Å². The number of benzene rings is 1. The molecule has 2 N–H and O–H groups in total. The number of hydrogen-bond acceptors (Lipinski definition) is 4. The molecule has 102 valence electrons. The van der Waals surface area contributed by atoms with Gasteiger partial charge in [-0.2, -0.15) is 0 Å². The molecule has 1 fully saturated rings. The number of hydrogen-bond donors (Lipinski definition) is 2. The van der Waals surface area contributed by atoms with Crippen LogP contribution in [0.4, 0.5) is 5.69 Å². The third-order valence-corrected chi connectivity index (χ3v) is 3.63. The van der Waals surface area contributed by atoms with Crippen molar-refractivity contribution in [1.29, 1.82) is 0 Å². The largest absolute Gasteiger partial charge is 0.486 e. The molecule has 0 aromatic heterocycles. The Morgan fingerprint density at radius 1 is 1.32 bits per heavy atom. The van der Waals surface area contributed by atoms with Crippen molar-refractivity contribution in [2.45, 2.75) is 6.42 Å². The van der Waals surface area contributed by atoms with E-state index >= 15 is 0 Å². The van der Waals surface area contributed by atoms with E-state index in [1.807, 2.05) is 0 Å². The summed E-state index contributed by atoms with van der Waals surface area (Å²) in [6.45, 7) is 2.62. The Balaban J connectivity index is 1.78. The maximum Gasteiger partial charge on any atom is 0.228 e. The molecule has 1 atom stereocenters. The lowest BCUT2D eigenvalue weighted by Gasteiger charge is -2.20. The Hall–Kier alpha value is -1.46. The lowest BCUT2D eigenvalue weighted by Crippen LogP contribution is -2.25. The molecule has 1 saturated heterocycles. The second-order valence-corrected chi connectivity index (χ2v) is 5.06. The summed E-state index contributed by atoms with van der Waals surface area (Å²) in [7, 11) is 0. The van der Waals surface area contributed by atoms with Crippen molar-refractivity contribution in [2.24, 2.45) is 5.92 Å². The Morgan fingerprint density at radius 2 is 2.05 bits per heavy atom. The summed E-state index contributed by atoms with van der Waals surface area (Å²) < 4.78 is 10.9. The molecule has 3 rings (SSSR count). The van der Waals surface area contributed by atoms with Crippen LogP contribution in [0, 0.1) is 5.92 Å². The molecule has 2 aliphatic rings. The first-order chi connectivity index (χ1) is 9.24. The second kappa shape index (κ2) is 5.27. The first-order valence-electron chi connectivity index (χ1n) is 6.35. The standard InChI is InChI=1S/C13H15ClN2O3/c14-9-5-11-12(19-4-3-18-11)6-10(9)16-13(17)8-1-2-15-7-8/h5-6,8,15H,1-4,7H2,(H,16,17). The number of anilines is 1. The fourth-order valence-electron chi connectivity index (χ4n) is 2.27. The highest BCUT2D eigenvalue weighted by Crippen LogP contribution is 2.38. The summed E-state index contributed by atoms with van der Waals surface area (Å²) in [5.41, 5.74) is 0.572. The van der Waals surface area contributed by atoms with Crippen LogP contribution < -0.4 is 20.1 Å². The molecule has 1 unspecified atom stereocenters. The van der Waals surface area contributed by atoms with E-state index in [-0.39, 0.29) is 11.8 Å². The van der Waals surface area contributed by atoms with Gasteiger partial charge in [0.15, 0.2) is 11.5 Å². The predicted octanol–water partition coefficient (Wildman–Crippen LogP) is 1.66. The molecule has 6 heteroatoms. The quantitative estimate of drug-likeness (QED) is 0.866. The third kappa shape index (κ3) is 2.62. The van der Waals surface area contributed by atoms with Crippen LogP contribution in [0.15, 0.2) is 12.1 Å². The number of carbonyl (C=O) groups excluding carboxylic acids is 1. The van der Waals surface area contributed by atoms with Crippen molar-refractivity contribution in [1.82, 2.24) is 5.32 Å². The fraction of sp³-hybridized carbons (Fsp3) is 0.462. The minimum absolute atomic E-state index is 0.00395. The second-order valence-electron chi connectivity index (χ2n) is 4.65. The normalized spacial score (nSPS) is 21.2. The van der Waals surface area contributed by atoms with Gasteiger partial charge in [0.25, 0.3) is 0 Å². The lowest BCUT2D eigenvalue weighted by molar-refractivity contribution is -0.119. The highest BCUT2D eigenvalue weighted by molar-refractivity contribution is 6.34. The molecule has 19 heavy (non-hydrogen) atoms. The van der Waals surface area contributed by atoms with Crippen LogP contribution in [0.2, 0.25) is 5.02 Å². The van der Waals surface area contributed by atoms with Crippen LogP contribution in [0.1, 0.15) is 6.42 Å². The zero-order chi connectivity index (χ0) is 13.2. The first kappa shape index (κ1) is 12.6. The molecular formula is C13H15ClN2O3. The highest BCUT2D eigenvalue weighted by Gasteiger charge is 2.24. The minimum atomic E-state index is -0.0106. The molecule has 1 aromatic rings. The van der Waals surface area contributed by atoms with Crippen LogP contribution in [-0.4, -0.2) is 32.2 Å². The van der Waals surface area contributed by atoms with E-state index in [4.69, 9.17) is 21.1 Å². The van der Waals surface area contributed by atoms with Crippen molar-refractivity contribution in [3.05, 3.63) is 17.2 Å². The van der Waals surface area contributed by atoms with Gasteiger partial charge in [-0.25, -0.2) is 0 Å². The van der Waals surface area contributed by atoms with Gasteiger partial charge in [0.1, 0.15) is 13.2 Å². The van der Waals surface area contributed by atoms with Gasteiger partial charge in [0.05, 0.1) is 16.6 Å². The summed E-state index contributed by atoms with van der Waals surface area (Å²) in [6, 6.07) is 3.40. The summed E-state index contributed by atoms with van der Waals surface area (Å²) in [5.74, 6) is 1.24. The molecule has 5 nitrogen and oxygen atoms in total. The molecular weight excluding hydrogens is 268 g/mol. The summed E-state index contributed by atoms with van der Waals surface area (Å²) >= 11 is 6.15. The summed E-state index contributed by atoms with van der Waals surface area (Å²) in [6.07, 6.45) is 0.855. The van der Waals surface area contributed by atoms with Crippen LogP contribution in [0.5, 0.6) is 11.5 Å². The average Bonchev–Trinajstić information content (AvgIpc) is 2.93. The number of fused-ring (bicyclic) bond motifs is 1. The van der Waals surface area contributed by atoms with E-state index in [0.717, 1.165) is 13.0 Å². The number of nitrogens with one attached hydrogen (secondary N) is 2. The maximum absolute atomic E-state index is 12.1. The smallest absolute Gasteiger partial charge is 0.228 e. The van der Waals surface area contributed by atoms with Gasteiger partial charge in [0.2, 0.25) is 5.91 Å². The van der Waals surface area contributed by atoms with Crippen molar-refractivity contribution in [3.63, 3.8) is 0 Å². The van der Waals surface area contributed by atoms with Crippen molar-refractivity contribution >= 4 is 23.2 Å². The minimum Gasteiger partial charge on any atom is -0.486 e. The van der Waals surface area contributed by atoms with Crippen LogP contribution in [0.25, 0.3) is 0 Å². The highest BCUT2D eigenvalue weighted by atomic mass is 35.5. The molecule has 2 aliphatic heterocycles. The van der Waals surface area contributed by atoms with E-state index in [2.05, 4.69) is 10.6 Å². The number of ether oxygens (including phenoxy) is 2. The molecule has 0 bridgehead atoms. The molecule has 2 heterocycles. The lowest BCUT2D eigenvalue weighted by atomic mass is 10.1. The van der Waals surface area contributed by atoms with E-state index in [9.17, 15) is 4.79 Å². The van der Waals surface area contributed by atoms with Gasteiger partial charge >= 0.3 is 0 Å². The SMILES string of the molecule is O=C(Nc1cc2c(cc1Cl)OCCO2)C1CCNC1. The number of halogens is 1. The summed E-state index contributed by atoms with van der Waals surface area (Å²) in [5, 5.41) is 6.48. The molecule has 0 spiro atoms. The van der Waals surface area contributed by atoms with Crippen LogP contribution in [-0.2, 0) is 4.79 Å². The number of amides is 1. The van der Waals surface area contributed by atoms with Gasteiger partial charge < -0.3 is 20.1 Å². The molecule has 0 saturated carbocycles. The zero-order valence-corrected chi connectivity index (χ0v) is 11.1. The van der Waals surface area contributed by atoms with Gasteiger partial charge in [-0.05, 0) is 13.0 Å². The number of rotatable bonds is 2. The zero-order valence-electron chi connectivity index (χ0n) is 10.4. The summed E-state index contributed by atoms with van der Waals surface area (Å²) in [4.78, 5) is 12.1. The molecule has 0 radical (unpaired) electrons. The van der Waals surface area contributed by atoms with Crippen LogP contribution >= 0.6 is 11.6 Å². The maximum atomic E-state index is 12.1. The van der Waals surface area contributed by atoms with Crippen molar-refractivity contribution < 1.29 is 14.3 Å².